The zero-order valence-corrected chi connectivity index (χ0v) is 10.3. The Morgan fingerprint density at radius 2 is 2.24 bits per heavy atom. The first kappa shape index (κ1) is 12.2. The second kappa shape index (κ2) is 4.96. The molecule has 1 aromatic rings. The van der Waals surface area contributed by atoms with Gasteiger partial charge in [-0.25, -0.2) is 0 Å². The first-order valence-corrected chi connectivity index (χ1v) is 6.13. The van der Waals surface area contributed by atoms with E-state index in [0.717, 1.165) is 25.7 Å². The molecule has 0 saturated heterocycles. The molecule has 1 aliphatic rings. The minimum atomic E-state index is -0.452. The molecule has 94 valence electrons. The van der Waals surface area contributed by atoms with Gasteiger partial charge in [0.25, 0.3) is 5.89 Å². The highest BCUT2D eigenvalue weighted by Gasteiger charge is 2.40. The normalized spacial score (nSPS) is 29.2. The van der Waals surface area contributed by atoms with E-state index in [2.05, 4.69) is 17.1 Å². The lowest BCUT2D eigenvalue weighted by atomic mass is 9.79. The maximum Gasteiger partial charge on any atom is 0.290 e. The van der Waals surface area contributed by atoms with Gasteiger partial charge in [0.15, 0.2) is 0 Å². The maximum absolute atomic E-state index is 10.6. The molecule has 0 N–H and O–H groups in total. The van der Waals surface area contributed by atoms with Gasteiger partial charge in [0.05, 0.1) is 0 Å². The van der Waals surface area contributed by atoms with Crippen molar-refractivity contribution in [3.8, 4) is 0 Å². The monoisotopic (exact) mass is 238 g/mol. The van der Waals surface area contributed by atoms with Crippen molar-refractivity contribution in [1.82, 2.24) is 10.1 Å². The van der Waals surface area contributed by atoms with Gasteiger partial charge >= 0.3 is 0 Å². The zero-order valence-electron chi connectivity index (χ0n) is 10.3. The molecule has 1 heterocycles. The predicted octanol–water partition coefficient (Wildman–Crippen LogP) is 2.32. The summed E-state index contributed by atoms with van der Waals surface area (Å²) in [5, 5.41) is 3.88. The van der Waals surface area contributed by atoms with Crippen LogP contribution in [0.2, 0.25) is 0 Å². The van der Waals surface area contributed by atoms with Gasteiger partial charge in [-0.05, 0) is 38.5 Å². The van der Waals surface area contributed by atoms with Crippen molar-refractivity contribution in [2.75, 3.05) is 6.61 Å². The summed E-state index contributed by atoms with van der Waals surface area (Å²) < 4.78 is 10.7. The lowest BCUT2D eigenvalue weighted by molar-refractivity contribution is -0.0847. The predicted molar refractivity (Wildman–Crippen MR) is 60.6 cm³/mol. The van der Waals surface area contributed by atoms with Crippen molar-refractivity contribution >= 4 is 6.29 Å². The smallest absolute Gasteiger partial charge is 0.290 e. The van der Waals surface area contributed by atoms with E-state index < -0.39 is 5.60 Å². The number of nitrogens with zero attached hydrogens (tertiary/aromatic N) is 2. The molecule has 1 saturated carbocycles. The van der Waals surface area contributed by atoms with Crippen molar-refractivity contribution in [2.24, 2.45) is 5.92 Å². The van der Waals surface area contributed by atoms with Gasteiger partial charge in [0.1, 0.15) is 5.60 Å². The van der Waals surface area contributed by atoms with Crippen molar-refractivity contribution in [3.63, 3.8) is 0 Å². The molecule has 0 atom stereocenters. The summed E-state index contributed by atoms with van der Waals surface area (Å²) in [6.07, 6.45) is 4.52. The third-order valence-electron chi connectivity index (χ3n) is 3.45. The summed E-state index contributed by atoms with van der Waals surface area (Å²) in [6.45, 7) is 4.81. The molecule has 0 radical (unpaired) electrons. The van der Waals surface area contributed by atoms with Crippen LogP contribution in [0.5, 0.6) is 0 Å². The average Bonchev–Trinajstić information content (AvgIpc) is 2.82. The quantitative estimate of drug-likeness (QED) is 0.753. The topological polar surface area (TPSA) is 65.2 Å². The maximum atomic E-state index is 10.6. The number of rotatable bonds is 4. The van der Waals surface area contributed by atoms with Crippen LogP contribution in [0.25, 0.3) is 0 Å². The van der Waals surface area contributed by atoms with E-state index in [1.54, 1.807) is 0 Å². The van der Waals surface area contributed by atoms with Crippen LogP contribution in [-0.2, 0) is 10.3 Å². The lowest BCUT2D eigenvalue weighted by Crippen LogP contribution is -2.35. The summed E-state index contributed by atoms with van der Waals surface area (Å²) in [7, 11) is 0. The lowest BCUT2D eigenvalue weighted by Gasteiger charge is -2.36. The Hall–Kier alpha value is -1.23. The Balaban J connectivity index is 2.24. The summed E-state index contributed by atoms with van der Waals surface area (Å²) in [4.78, 5) is 14.7. The molecule has 1 fully saturated rings. The van der Waals surface area contributed by atoms with E-state index in [-0.39, 0.29) is 5.89 Å². The van der Waals surface area contributed by atoms with Gasteiger partial charge in [-0.1, -0.05) is 12.1 Å². The molecular formula is C12H18N2O3. The molecule has 0 amide bonds. The van der Waals surface area contributed by atoms with E-state index in [4.69, 9.17) is 9.26 Å². The third-order valence-corrected chi connectivity index (χ3v) is 3.45. The van der Waals surface area contributed by atoms with Crippen molar-refractivity contribution in [2.45, 2.75) is 45.1 Å². The molecule has 0 aromatic carbocycles. The molecule has 17 heavy (non-hydrogen) atoms. The van der Waals surface area contributed by atoms with Crippen LogP contribution in [0.1, 0.15) is 56.0 Å². The van der Waals surface area contributed by atoms with E-state index in [0.29, 0.717) is 24.6 Å². The molecule has 0 bridgehead atoms. The second-order valence-corrected chi connectivity index (χ2v) is 4.68. The summed E-state index contributed by atoms with van der Waals surface area (Å²) in [5.74, 6) is 1.26. The Bertz CT molecular complexity index is 381. The first-order valence-electron chi connectivity index (χ1n) is 6.13. The van der Waals surface area contributed by atoms with Crippen molar-refractivity contribution in [3.05, 3.63) is 11.7 Å². The summed E-state index contributed by atoms with van der Waals surface area (Å²) >= 11 is 0. The van der Waals surface area contributed by atoms with Crippen LogP contribution in [-0.4, -0.2) is 23.0 Å². The number of aldehydes is 1. The molecule has 0 spiro atoms. The SMILES string of the molecule is CCOC1(c2noc(C=O)n2)CCC(C)CC1. The van der Waals surface area contributed by atoms with Crippen LogP contribution >= 0.6 is 0 Å². The first-order chi connectivity index (χ1) is 8.20. The number of carbonyl (C=O) groups excluding carboxylic acids is 1. The summed E-state index contributed by atoms with van der Waals surface area (Å²) in [5.41, 5.74) is -0.452. The largest absolute Gasteiger partial charge is 0.367 e. The fraction of sp³-hybridized carbons (Fsp3) is 0.750. The zero-order chi connectivity index (χ0) is 12.3. The Kier molecular flexibility index (Phi) is 3.57. The highest BCUT2D eigenvalue weighted by atomic mass is 16.5. The minimum absolute atomic E-state index is 0.0256. The standard InChI is InChI=1S/C12H18N2O3/c1-3-16-12(6-4-9(2)5-7-12)11-13-10(8-15)17-14-11/h8-9H,3-7H2,1-2H3. The van der Waals surface area contributed by atoms with E-state index in [9.17, 15) is 4.79 Å². The summed E-state index contributed by atoms with van der Waals surface area (Å²) in [6, 6.07) is 0. The fourth-order valence-corrected chi connectivity index (χ4v) is 2.41. The second-order valence-electron chi connectivity index (χ2n) is 4.68. The Morgan fingerprint density at radius 1 is 1.53 bits per heavy atom. The van der Waals surface area contributed by atoms with Crippen LogP contribution in [0, 0.1) is 5.92 Å². The van der Waals surface area contributed by atoms with Crippen LogP contribution in [0.15, 0.2) is 4.52 Å². The van der Waals surface area contributed by atoms with E-state index in [1.165, 1.54) is 0 Å². The molecule has 5 heteroatoms. The highest BCUT2D eigenvalue weighted by Crippen LogP contribution is 2.41. The minimum Gasteiger partial charge on any atom is -0.367 e. The number of hydrogen-bond donors (Lipinski definition) is 0. The van der Waals surface area contributed by atoms with Crippen molar-refractivity contribution < 1.29 is 14.1 Å². The fourth-order valence-electron chi connectivity index (χ4n) is 2.41. The van der Waals surface area contributed by atoms with E-state index >= 15 is 0 Å². The molecule has 1 aliphatic carbocycles. The van der Waals surface area contributed by atoms with Crippen LogP contribution < -0.4 is 0 Å². The third kappa shape index (κ3) is 2.39. The van der Waals surface area contributed by atoms with E-state index in [1.807, 2.05) is 6.92 Å². The average molecular weight is 238 g/mol. The number of ether oxygens (including phenoxy) is 1. The van der Waals surface area contributed by atoms with Gasteiger partial charge < -0.3 is 9.26 Å². The number of hydrogen-bond acceptors (Lipinski definition) is 5. The molecule has 2 rings (SSSR count). The molecule has 5 nitrogen and oxygen atoms in total. The number of carbonyl (C=O) groups is 1. The highest BCUT2D eigenvalue weighted by molar-refractivity contribution is 5.67. The Labute approximate surface area is 101 Å². The van der Waals surface area contributed by atoms with Gasteiger partial charge in [-0.3, -0.25) is 4.79 Å². The van der Waals surface area contributed by atoms with Gasteiger partial charge in [0, 0.05) is 6.61 Å². The Morgan fingerprint density at radius 3 is 2.76 bits per heavy atom. The van der Waals surface area contributed by atoms with Crippen LogP contribution in [0.4, 0.5) is 0 Å². The van der Waals surface area contributed by atoms with Gasteiger partial charge in [0.2, 0.25) is 12.1 Å². The van der Waals surface area contributed by atoms with Crippen molar-refractivity contribution in [1.29, 1.82) is 0 Å². The molecule has 0 aliphatic heterocycles. The van der Waals surface area contributed by atoms with Gasteiger partial charge in [-0.2, -0.15) is 4.98 Å². The van der Waals surface area contributed by atoms with Gasteiger partial charge in [-0.15, -0.1) is 0 Å². The molecular weight excluding hydrogens is 220 g/mol. The molecule has 1 aromatic heterocycles. The molecule has 0 unspecified atom stereocenters. The number of aromatic nitrogens is 2. The van der Waals surface area contributed by atoms with Crippen LogP contribution in [0.3, 0.4) is 0 Å².